The molecule has 0 spiro atoms. The highest BCUT2D eigenvalue weighted by molar-refractivity contribution is 5.92. The number of benzene rings is 3. The number of fused-ring (bicyclic) bond motifs is 1. The maximum Gasteiger partial charge on any atom is 0.335 e. The quantitative estimate of drug-likeness (QED) is 0.267. The predicted octanol–water partition coefficient (Wildman–Crippen LogP) is 5.04. The topological polar surface area (TPSA) is 73.3 Å². The van der Waals surface area contributed by atoms with Gasteiger partial charge >= 0.3 is 5.97 Å². The molecule has 30 heavy (non-hydrogen) atoms. The van der Waals surface area contributed by atoms with Gasteiger partial charge in [-0.15, -0.1) is 0 Å². The molecule has 6 nitrogen and oxygen atoms in total. The lowest BCUT2D eigenvalue weighted by atomic mass is 10.2. The van der Waals surface area contributed by atoms with E-state index in [0.717, 1.165) is 28.5 Å². The summed E-state index contributed by atoms with van der Waals surface area (Å²) in [5, 5.41) is 4.09. The Morgan fingerprint density at radius 1 is 0.967 bits per heavy atom. The molecule has 4 rings (SSSR count). The lowest BCUT2D eigenvalue weighted by molar-refractivity contribution is -0.128. The van der Waals surface area contributed by atoms with Crippen LogP contribution in [0.15, 0.2) is 91.8 Å². The number of carbonyl (C=O) groups excluding carboxylic acids is 1. The zero-order chi connectivity index (χ0) is 20.8. The monoisotopic (exact) mass is 397 g/mol. The lowest BCUT2D eigenvalue weighted by Gasteiger charge is -2.11. The second-order valence-electron chi connectivity index (χ2n) is 6.45. The molecule has 0 unspecified atom stereocenters. The van der Waals surface area contributed by atoms with E-state index >= 15 is 0 Å². The third-order valence-corrected chi connectivity index (χ3v) is 4.36. The van der Waals surface area contributed by atoms with E-state index in [4.69, 9.17) is 9.47 Å². The fourth-order valence-corrected chi connectivity index (χ4v) is 2.87. The van der Waals surface area contributed by atoms with Crippen molar-refractivity contribution in [3.05, 3.63) is 97.3 Å². The Labute approximate surface area is 173 Å². The summed E-state index contributed by atoms with van der Waals surface area (Å²) >= 11 is 0. The largest absolute Gasteiger partial charge is 0.489 e. The van der Waals surface area contributed by atoms with E-state index in [1.54, 1.807) is 18.2 Å². The predicted molar refractivity (Wildman–Crippen MR) is 116 cm³/mol. The molecule has 148 valence electrons. The molecular formula is C24H19N3O3. The number of rotatable bonds is 7. The summed E-state index contributed by atoms with van der Waals surface area (Å²) in [4.78, 5) is 20.0. The van der Waals surface area contributed by atoms with Gasteiger partial charge in [-0.1, -0.05) is 36.9 Å². The molecule has 0 aliphatic rings. The van der Waals surface area contributed by atoms with Gasteiger partial charge in [-0.05, 0) is 42.0 Å². The summed E-state index contributed by atoms with van der Waals surface area (Å²) in [6, 6.07) is 22.9. The number of anilines is 2. The maximum atomic E-state index is 11.4. The van der Waals surface area contributed by atoms with E-state index < -0.39 is 5.97 Å². The number of nitrogens with zero attached hydrogens (tertiary/aromatic N) is 2. The Bertz CT molecular complexity index is 1180. The number of esters is 1. The third-order valence-electron chi connectivity index (χ3n) is 4.36. The molecule has 1 aromatic heterocycles. The number of aromatic nitrogens is 2. The van der Waals surface area contributed by atoms with Crippen molar-refractivity contribution in [1.29, 1.82) is 0 Å². The van der Waals surface area contributed by atoms with Crippen molar-refractivity contribution in [2.45, 2.75) is 6.61 Å². The van der Waals surface area contributed by atoms with Gasteiger partial charge < -0.3 is 14.8 Å². The van der Waals surface area contributed by atoms with Crippen LogP contribution in [0.25, 0.3) is 10.9 Å². The first kappa shape index (κ1) is 19.1. The Morgan fingerprint density at radius 3 is 2.50 bits per heavy atom. The first-order valence-corrected chi connectivity index (χ1v) is 9.34. The van der Waals surface area contributed by atoms with Gasteiger partial charge in [0.05, 0.1) is 5.52 Å². The van der Waals surface area contributed by atoms with Gasteiger partial charge in [0.2, 0.25) is 0 Å². The normalized spacial score (nSPS) is 10.4. The molecule has 0 saturated heterocycles. The van der Waals surface area contributed by atoms with Crippen LogP contribution in [0.4, 0.5) is 11.5 Å². The first-order chi connectivity index (χ1) is 14.7. The van der Waals surface area contributed by atoms with Gasteiger partial charge in [-0.2, -0.15) is 0 Å². The minimum atomic E-state index is -0.517. The van der Waals surface area contributed by atoms with E-state index in [-0.39, 0.29) is 0 Å². The molecule has 1 N–H and O–H groups in total. The highest BCUT2D eigenvalue weighted by atomic mass is 16.5. The van der Waals surface area contributed by atoms with Crippen molar-refractivity contribution in [3.8, 4) is 11.5 Å². The summed E-state index contributed by atoms with van der Waals surface area (Å²) in [5.74, 6) is 1.32. The minimum absolute atomic E-state index is 0.400. The number of ether oxygens (including phenoxy) is 2. The fourth-order valence-electron chi connectivity index (χ4n) is 2.87. The first-order valence-electron chi connectivity index (χ1n) is 9.34. The summed E-state index contributed by atoms with van der Waals surface area (Å²) < 4.78 is 11.0. The number of carbonyl (C=O) groups is 1. The van der Waals surface area contributed by atoms with E-state index in [1.807, 2.05) is 54.6 Å². The molecule has 4 aromatic rings. The fraction of sp³-hybridized carbons (Fsp3) is 0.0417. The van der Waals surface area contributed by atoms with Crippen LogP contribution in [0.1, 0.15) is 5.56 Å². The van der Waals surface area contributed by atoms with Crippen LogP contribution in [0.3, 0.4) is 0 Å². The van der Waals surface area contributed by atoms with Gasteiger partial charge in [0.25, 0.3) is 0 Å². The second-order valence-corrected chi connectivity index (χ2v) is 6.45. The van der Waals surface area contributed by atoms with Crippen LogP contribution in [0.2, 0.25) is 0 Å². The van der Waals surface area contributed by atoms with Crippen LogP contribution < -0.4 is 14.8 Å². The van der Waals surface area contributed by atoms with E-state index in [9.17, 15) is 4.79 Å². The van der Waals surface area contributed by atoms with Crippen LogP contribution in [-0.4, -0.2) is 15.9 Å². The molecular weight excluding hydrogens is 378 g/mol. The minimum Gasteiger partial charge on any atom is -0.489 e. The zero-order valence-corrected chi connectivity index (χ0v) is 16.1. The molecule has 0 radical (unpaired) electrons. The van der Waals surface area contributed by atoms with Gasteiger partial charge in [0.15, 0.2) is 0 Å². The summed E-state index contributed by atoms with van der Waals surface area (Å²) in [6.07, 6.45) is 2.57. The molecule has 3 aromatic carbocycles. The lowest BCUT2D eigenvalue weighted by Crippen LogP contribution is -2.03. The maximum absolute atomic E-state index is 11.4. The molecule has 0 bridgehead atoms. The Balaban J connectivity index is 1.47. The van der Waals surface area contributed by atoms with Gasteiger partial charge in [0.1, 0.15) is 30.3 Å². The highest BCUT2D eigenvalue weighted by Gasteiger charge is 2.07. The number of hydrogen-bond acceptors (Lipinski definition) is 6. The average Bonchev–Trinajstić information content (AvgIpc) is 2.79. The van der Waals surface area contributed by atoms with Crippen LogP contribution in [0, 0.1) is 0 Å². The van der Waals surface area contributed by atoms with E-state index in [2.05, 4.69) is 21.9 Å². The molecule has 0 aliphatic carbocycles. The highest BCUT2D eigenvalue weighted by Crippen LogP contribution is 2.27. The second kappa shape index (κ2) is 8.87. The Hall–Kier alpha value is -4.19. The number of hydrogen-bond donors (Lipinski definition) is 1. The van der Waals surface area contributed by atoms with Crippen molar-refractivity contribution in [1.82, 2.24) is 9.97 Å². The standard InChI is InChI=1S/C24H19N3O3/c1-2-23(28)30-20-12-13-21-22(14-20)25-16-26-24(21)27-18-8-10-19(11-9-18)29-15-17-6-4-3-5-7-17/h2-14,16H,1,15H2,(H,25,26,27). The molecule has 1 heterocycles. The molecule has 0 saturated carbocycles. The summed E-state index contributed by atoms with van der Waals surface area (Å²) in [7, 11) is 0. The smallest absolute Gasteiger partial charge is 0.335 e. The Morgan fingerprint density at radius 2 is 1.73 bits per heavy atom. The average molecular weight is 397 g/mol. The van der Waals surface area contributed by atoms with Gasteiger partial charge in [0, 0.05) is 23.2 Å². The van der Waals surface area contributed by atoms with Crippen molar-refractivity contribution < 1.29 is 14.3 Å². The van der Waals surface area contributed by atoms with Crippen LogP contribution >= 0.6 is 0 Å². The zero-order valence-electron chi connectivity index (χ0n) is 16.1. The summed E-state index contributed by atoms with van der Waals surface area (Å²) in [6.45, 7) is 3.91. The van der Waals surface area contributed by atoms with Gasteiger partial charge in [-0.25, -0.2) is 14.8 Å². The van der Waals surface area contributed by atoms with E-state index in [0.29, 0.717) is 23.7 Å². The van der Waals surface area contributed by atoms with Crippen molar-refractivity contribution >= 4 is 28.4 Å². The molecule has 0 aliphatic heterocycles. The molecule has 0 amide bonds. The van der Waals surface area contributed by atoms with Crippen molar-refractivity contribution in [2.75, 3.05) is 5.32 Å². The number of nitrogens with one attached hydrogen (secondary N) is 1. The summed E-state index contributed by atoms with van der Waals surface area (Å²) in [5.41, 5.74) is 2.64. The third kappa shape index (κ3) is 4.62. The van der Waals surface area contributed by atoms with Crippen molar-refractivity contribution in [2.24, 2.45) is 0 Å². The molecule has 6 heteroatoms. The SMILES string of the molecule is C=CC(=O)Oc1ccc2c(Nc3ccc(OCc4ccccc4)cc3)ncnc2c1. The van der Waals surface area contributed by atoms with Gasteiger partial charge in [-0.3, -0.25) is 0 Å². The van der Waals surface area contributed by atoms with Crippen LogP contribution in [0.5, 0.6) is 11.5 Å². The molecule has 0 atom stereocenters. The Kier molecular flexibility index (Phi) is 5.66. The van der Waals surface area contributed by atoms with Crippen molar-refractivity contribution in [3.63, 3.8) is 0 Å². The van der Waals surface area contributed by atoms with Crippen LogP contribution in [-0.2, 0) is 11.4 Å². The van der Waals surface area contributed by atoms with E-state index in [1.165, 1.54) is 6.33 Å². The molecule has 0 fully saturated rings.